The molecule has 1 N–H and O–H groups in total. The number of thiazole rings is 1. The van der Waals surface area contributed by atoms with E-state index < -0.39 is 12.0 Å². The maximum Gasteiger partial charge on any atom is 0.266 e. The SMILES string of the molecule is Cc1ccc2nc(NC(=O)C(C)Oc3c(-c4ccc(Cl)cc4)oc4ccccc4c3=O)sc2c1. The molecule has 0 radical (unpaired) electrons. The average molecular weight is 491 g/mol. The number of hydrogen-bond donors (Lipinski definition) is 1. The first-order valence-electron chi connectivity index (χ1n) is 10.6. The van der Waals surface area contributed by atoms with Crippen LogP contribution in [0.15, 0.2) is 75.9 Å². The Morgan fingerprint density at radius 3 is 2.68 bits per heavy atom. The van der Waals surface area contributed by atoms with E-state index in [-0.39, 0.29) is 16.9 Å². The van der Waals surface area contributed by atoms with Crippen molar-refractivity contribution in [3.05, 3.63) is 87.5 Å². The Morgan fingerprint density at radius 1 is 1.12 bits per heavy atom. The summed E-state index contributed by atoms with van der Waals surface area (Å²) in [7, 11) is 0. The number of rotatable bonds is 5. The number of aryl methyl sites for hydroxylation is 1. The highest BCUT2D eigenvalue weighted by Crippen LogP contribution is 2.32. The maximum absolute atomic E-state index is 13.3. The number of nitrogens with zero attached hydrogens (tertiary/aromatic N) is 1. The Labute approximate surface area is 203 Å². The summed E-state index contributed by atoms with van der Waals surface area (Å²) < 4.78 is 12.9. The Kier molecular flexibility index (Phi) is 5.81. The van der Waals surface area contributed by atoms with E-state index in [9.17, 15) is 9.59 Å². The highest BCUT2D eigenvalue weighted by molar-refractivity contribution is 7.22. The van der Waals surface area contributed by atoms with E-state index in [2.05, 4.69) is 10.3 Å². The minimum atomic E-state index is -0.983. The number of benzene rings is 3. The molecule has 1 amide bonds. The van der Waals surface area contributed by atoms with Gasteiger partial charge in [-0.3, -0.25) is 14.9 Å². The van der Waals surface area contributed by atoms with Gasteiger partial charge in [0.1, 0.15) is 5.58 Å². The van der Waals surface area contributed by atoms with Crippen molar-refractivity contribution in [3.8, 4) is 17.1 Å². The maximum atomic E-state index is 13.3. The molecular formula is C26H19ClN2O4S. The van der Waals surface area contributed by atoms with Crippen LogP contribution in [0.4, 0.5) is 5.13 Å². The van der Waals surface area contributed by atoms with E-state index in [0.29, 0.717) is 26.7 Å². The molecule has 0 spiro atoms. The fourth-order valence-corrected chi connectivity index (χ4v) is 4.64. The minimum absolute atomic E-state index is 0.0383. The minimum Gasteiger partial charge on any atom is -0.473 e. The standard InChI is InChI=1S/C26H19ClN2O4S/c1-14-7-12-19-21(13-14)34-26(28-19)29-25(31)15(2)32-24-22(30)18-5-3-4-6-20(18)33-23(24)16-8-10-17(27)11-9-16/h3-13,15H,1-2H3,(H,28,29,31). The van der Waals surface area contributed by atoms with E-state index in [4.69, 9.17) is 20.8 Å². The molecule has 3 aromatic carbocycles. The Morgan fingerprint density at radius 2 is 1.88 bits per heavy atom. The largest absolute Gasteiger partial charge is 0.473 e. The van der Waals surface area contributed by atoms with Crippen molar-refractivity contribution in [2.24, 2.45) is 0 Å². The van der Waals surface area contributed by atoms with E-state index >= 15 is 0 Å². The number of carbonyl (C=O) groups is 1. The molecule has 2 heterocycles. The van der Waals surface area contributed by atoms with E-state index in [0.717, 1.165) is 15.8 Å². The van der Waals surface area contributed by atoms with Crippen molar-refractivity contribution >= 4 is 55.2 Å². The number of nitrogens with one attached hydrogen (secondary N) is 1. The van der Waals surface area contributed by atoms with Gasteiger partial charge in [0.25, 0.3) is 5.91 Å². The first-order chi connectivity index (χ1) is 16.4. The van der Waals surface area contributed by atoms with Gasteiger partial charge < -0.3 is 9.15 Å². The molecule has 8 heteroatoms. The van der Waals surface area contributed by atoms with Crippen molar-refractivity contribution in [1.29, 1.82) is 0 Å². The summed E-state index contributed by atoms with van der Waals surface area (Å²) in [5, 5.41) is 4.16. The number of para-hydroxylation sites is 1. The van der Waals surface area contributed by atoms with Crippen LogP contribution in [0.2, 0.25) is 5.02 Å². The summed E-state index contributed by atoms with van der Waals surface area (Å²) in [6.45, 7) is 3.58. The lowest BCUT2D eigenvalue weighted by Crippen LogP contribution is -2.31. The molecular weight excluding hydrogens is 472 g/mol. The van der Waals surface area contributed by atoms with E-state index in [1.165, 1.54) is 11.3 Å². The zero-order valence-corrected chi connectivity index (χ0v) is 19.9. The highest BCUT2D eigenvalue weighted by atomic mass is 35.5. The van der Waals surface area contributed by atoms with Gasteiger partial charge in [0.05, 0.1) is 15.6 Å². The average Bonchev–Trinajstić information content (AvgIpc) is 3.22. The second kappa shape index (κ2) is 8.93. The molecule has 0 aliphatic rings. The first-order valence-corrected chi connectivity index (χ1v) is 11.7. The predicted octanol–water partition coefficient (Wildman–Crippen LogP) is 6.44. The van der Waals surface area contributed by atoms with Crippen LogP contribution in [0, 0.1) is 6.92 Å². The van der Waals surface area contributed by atoms with Crippen molar-refractivity contribution < 1.29 is 13.9 Å². The van der Waals surface area contributed by atoms with Crippen LogP contribution in [0.1, 0.15) is 12.5 Å². The third-order valence-electron chi connectivity index (χ3n) is 5.30. The lowest BCUT2D eigenvalue weighted by Gasteiger charge is -2.16. The lowest BCUT2D eigenvalue weighted by atomic mass is 10.1. The van der Waals surface area contributed by atoms with Crippen molar-refractivity contribution in [3.63, 3.8) is 0 Å². The van der Waals surface area contributed by atoms with Gasteiger partial charge in [-0.15, -0.1) is 0 Å². The number of carbonyl (C=O) groups excluding carboxylic acids is 1. The highest BCUT2D eigenvalue weighted by Gasteiger charge is 2.23. The van der Waals surface area contributed by atoms with Crippen molar-refractivity contribution in [2.75, 3.05) is 5.32 Å². The number of anilines is 1. The predicted molar refractivity (Wildman–Crippen MR) is 136 cm³/mol. The van der Waals surface area contributed by atoms with Crippen LogP contribution in [0.3, 0.4) is 0 Å². The number of fused-ring (bicyclic) bond motifs is 2. The van der Waals surface area contributed by atoms with Crippen molar-refractivity contribution in [1.82, 2.24) is 4.98 Å². The Balaban J connectivity index is 1.48. The Hall–Kier alpha value is -3.68. The molecule has 2 aromatic heterocycles. The quantitative estimate of drug-likeness (QED) is 0.306. The second-order valence-corrected chi connectivity index (χ2v) is 9.30. The third kappa shape index (κ3) is 4.27. The van der Waals surface area contributed by atoms with Gasteiger partial charge in [0, 0.05) is 10.6 Å². The van der Waals surface area contributed by atoms with Crippen LogP contribution < -0.4 is 15.5 Å². The fraction of sp³-hybridized carbons (Fsp3) is 0.115. The normalized spacial score (nSPS) is 12.1. The molecule has 0 fully saturated rings. The van der Waals surface area contributed by atoms with Gasteiger partial charge in [-0.25, -0.2) is 4.98 Å². The number of hydrogen-bond acceptors (Lipinski definition) is 6. The van der Waals surface area contributed by atoms with Crippen molar-refractivity contribution in [2.45, 2.75) is 20.0 Å². The van der Waals surface area contributed by atoms with Crippen LogP contribution in [-0.2, 0) is 4.79 Å². The molecule has 5 rings (SSSR count). The fourth-order valence-electron chi connectivity index (χ4n) is 3.55. The number of halogens is 1. The molecule has 5 aromatic rings. The zero-order chi connectivity index (χ0) is 23.8. The molecule has 170 valence electrons. The summed E-state index contributed by atoms with van der Waals surface area (Å²) in [6, 6.07) is 19.7. The van der Waals surface area contributed by atoms with E-state index in [1.807, 2.05) is 25.1 Å². The zero-order valence-electron chi connectivity index (χ0n) is 18.3. The number of ether oxygens (including phenoxy) is 1. The Bertz CT molecular complexity index is 1590. The van der Waals surface area contributed by atoms with Gasteiger partial charge in [0.2, 0.25) is 11.2 Å². The molecule has 0 saturated heterocycles. The topological polar surface area (TPSA) is 81.4 Å². The number of aromatic nitrogens is 1. The van der Waals surface area contributed by atoms with Crippen LogP contribution in [-0.4, -0.2) is 17.0 Å². The molecule has 1 atom stereocenters. The van der Waals surface area contributed by atoms with Gasteiger partial charge in [-0.1, -0.05) is 41.1 Å². The van der Waals surface area contributed by atoms with E-state index in [1.54, 1.807) is 55.5 Å². The second-order valence-electron chi connectivity index (χ2n) is 7.83. The molecule has 0 aliphatic carbocycles. The molecule has 0 saturated carbocycles. The molecule has 6 nitrogen and oxygen atoms in total. The monoisotopic (exact) mass is 490 g/mol. The summed E-state index contributed by atoms with van der Waals surface area (Å²) in [5.41, 5.74) is 2.59. The molecule has 0 aliphatic heterocycles. The molecule has 1 unspecified atom stereocenters. The van der Waals surface area contributed by atoms with Gasteiger partial charge >= 0.3 is 0 Å². The summed E-state index contributed by atoms with van der Waals surface area (Å²) in [4.78, 5) is 30.7. The smallest absolute Gasteiger partial charge is 0.266 e. The third-order valence-corrected chi connectivity index (χ3v) is 6.49. The molecule has 34 heavy (non-hydrogen) atoms. The van der Waals surface area contributed by atoms with Gasteiger partial charge in [-0.05, 0) is 67.9 Å². The van der Waals surface area contributed by atoms with Gasteiger partial charge in [-0.2, -0.15) is 0 Å². The van der Waals surface area contributed by atoms with Gasteiger partial charge in [0.15, 0.2) is 17.0 Å². The summed E-state index contributed by atoms with van der Waals surface area (Å²) in [5.74, 6) is -0.232. The summed E-state index contributed by atoms with van der Waals surface area (Å²) >= 11 is 7.40. The lowest BCUT2D eigenvalue weighted by molar-refractivity contribution is -0.122. The molecule has 0 bridgehead atoms. The summed E-state index contributed by atoms with van der Waals surface area (Å²) in [6.07, 6.45) is -0.983. The van der Waals surface area contributed by atoms with Crippen LogP contribution in [0.5, 0.6) is 5.75 Å². The van der Waals surface area contributed by atoms with Crippen LogP contribution in [0.25, 0.3) is 32.5 Å². The van der Waals surface area contributed by atoms with Crippen LogP contribution >= 0.6 is 22.9 Å². The first kappa shape index (κ1) is 22.1. The number of amides is 1.